The van der Waals surface area contributed by atoms with Crippen LogP contribution in [0.2, 0.25) is 0 Å². The molecule has 5 heteroatoms. The Labute approximate surface area is 87.6 Å². The fourth-order valence-electron chi connectivity index (χ4n) is 1.82. The van der Waals surface area contributed by atoms with E-state index >= 15 is 0 Å². The zero-order valence-corrected chi connectivity index (χ0v) is 8.45. The number of aliphatic carboxylic acids is 1. The molecular formula is C10H13N3O2. The molecule has 2 rings (SSSR count). The van der Waals surface area contributed by atoms with Crippen LogP contribution in [-0.2, 0) is 4.79 Å². The minimum Gasteiger partial charge on any atom is -0.478 e. The number of rotatable bonds is 2. The van der Waals surface area contributed by atoms with Gasteiger partial charge in [-0.05, 0) is 25.3 Å². The first kappa shape index (κ1) is 9.76. The molecule has 2 aliphatic rings. The summed E-state index contributed by atoms with van der Waals surface area (Å²) in [5.74, 6) is -0.230. The number of hydrogen-bond acceptors (Lipinski definition) is 4. The van der Waals surface area contributed by atoms with Crippen molar-refractivity contribution in [3.8, 4) is 0 Å². The van der Waals surface area contributed by atoms with Gasteiger partial charge in [0.15, 0.2) is 0 Å². The van der Waals surface area contributed by atoms with Crippen molar-refractivity contribution in [3.05, 3.63) is 23.9 Å². The highest BCUT2D eigenvalue weighted by molar-refractivity contribution is 6.05. The molecule has 0 aromatic heterocycles. The Balaban J connectivity index is 2.38. The van der Waals surface area contributed by atoms with Crippen LogP contribution in [0.25, 0.3) is 0 Å². The van der Waals surface area contributed by atoms with Crippen LogP contribution in [0.1, 0.15) is 6.92 Å². The predicted octanol–water partition coefficient (Wildman–Crippen LogP) is -0.125. The van der Waals surface area contributed by atoms with Crippen LogP contribution >= 0.6 is 0 Å². The molecule has 3 N–H and O–H groups in total. The topological polar surface area (TPSA) is 73.7 Å². The fourth-order valence-corrected chi connectivity index (χ4v) is 1.82. The van der Waals surface area contributed by atoms with Crippen molar-refractivity contribution in [1.82, 2.24) is 10.6 Å². The summed E-state index contributed by atoms with van der Waals surface area (Å²) in [5, 5.41) is 15.3. The maximum Gasteiger partial charge on any atom is 0.334 e. The first-order chi connectivity index (χ1) is 7.14. The summed E-state index contributed by atoms with van der Waals surface area (Å²) in [4.78, 5) is 15.4. The number of carboxylic acid groups (broad SMARTS) is 1. The van der Waals surface area contributed by atoms with E-state index in [1.54, 1.807) is 18.4 Å². The summed E-state index contributed by atoms with van der Waals surface area (Å²) in [6.45, 7) is 3.28. The smallest absolute Gasteiger partial charge is 0.334 e. The first-order valence-corrected chi connectivity index (χ1v) is 4.82. The van der Waals surface area contributed by atoms with E-state index in [2.05, 4.69) is 15.6 Å². The Morgan fingerprint density at radius 3 is 3.07 bits per heavy atom. The lowest BCUT2D eigenvalue weighted by Crippen LogP contribution is -2.55. The summed E-state index contributed by atoms with van der Waals surface area (Å²) in [7, 11) is 0. The van der Waals surface area contributed by atoms with Crippen molar-refractivity contribution in [2.24, 2.45) is 4.99 Å². The molecule has 0 aromatic rings. The van der Waals surface area contributed by atoms with E-state index in [0.717, 1.165) is 6.54 Å². The van der Waals surface area contributed by atoms with E-state index in [9.17, 15) is 4.79 Å². The van der Waals surface area contributed by atoms with Crippen LogP contribution in [0.4, 0.5) is 0 Å². The zero-order chi connectivity index (χ0) is 10.9. The predicted molar refractivity (Wildman–Crippen MR) is 56.7 cm³/mol. The van der Waals surface area contributed by atoms with Crippen LogP contribution in [-0.4, -0.2) is 35.5 Å². The highest BCUT2D eigenvalue weighted by Crippen LogP contribution is 2.22. The van der Waals surface area contributed by atoms with Gasteiger partial charge in [-0.25, -0.2) is 4.79 Å². The number of nitrogens with zero attached hydrogens (tertiary/aromatic N) is 1. The number of aliphatic imine (C=N–C) groups is 1. The second-order valence-electron chi connectivity index (χ2n) is 3.67. The number of carboxylic acids is 1. The third-order valence-corrected chi connectivity index (χ3v) is 2.65. The first-order valence-electron chi connectivity index (χ1n) is 4.82. The van der Waals surface area contributed by atoms with Crippen LogP contribution in [0, 0.1) is 0 Å². The summed E-state index contributed by atoms with van der Waals surface area (Å²) >= 11 is 0. The molecule has 0 saturated heterocycles. The number of dihydropyridines is 1. The van der Waals surface area contributed by atoms with Crippen LogP contribution < -0.4 is 10.6 Å². The average molecular weight is 207 g/mol. The highest BCUT2D eigenvalue weighted by Gasteiger charge is 2.39. The number of amidine groups is 1. The molecule has 80 valence electrons. The number of carbonyl (C=O) groups is 1. The lowest BCUT2D eigenvalue weighted by Gasteiger charge is -2.32. The molecule has 0 saturated carbocycles. The Hall–Kier alpha value is -1.78. The Morgan fingerprint density at radius 1 is 1.67 bits per heavy atom. The van der Waals surface area contributed by atoms with Crippen molar-refractivity contribution >= 4 is 11.8 Å². The lowest BCUT2D eigenvalue weighted by atomic mass is 9.88. The van der Waals surface area contributed by atoms with Gasteiger partial charge in [-0.2, -0.15) is 0 Å². The van der Waals surface area contributed by atoms with Gasteiger partial charge in [0.1, 0.15) is 11.4 Å². The Morgan fingerprint density at radius 2 is 2.47 bits per heavy atom. The Bertz CT molecular complexity index is 384. The van der Waals surface area contributed by atoms with Crippen LogP contribution in [0.15, 0.2) is 28.9 Å². The number of nitrogens with one attached hydrogen (secondary N) is 2. The van der Waals surface area contributed by atoms with Crippen molar-refractivity contribution < 1.29 is 9.90 Å². The standard InChI is InChI=1S/C10H13N3O2/c1-10(9-11-5-6-12-9)7(8(14)15)3-2-4-13-10/h2-4,13H,5-6H2,1H3,(H,11,12)(H,14,15). The monoisotopic (exact) mass is 207 g/mol. The second kappa shape index (κ2) is 3.42. The molecular weight excluding hydrogens is 194 g/mol. The molecule has 0 aromatic carbocycles. The van der Waals surface area contributed by atoms with Crippen molar-refractivity contribution in [1.29, 1.82) is 0 Å². The molecule has 2 heterocycles. The van der Waals surface area contributed by atoms with E-state index in [0.29, 0.717) is 18.0 Å². The number of allylic oxidation sites excluding steroid dienone is 2. The third kappa shape index (κ3) is 1.49. The molecule has 0 spiro atoms. The third-order valence-electron chi connectivity index (χ3n) is 2.65. The van der Waals surface area contributed by atoms with Gasteiger partial charge in [0.05, 0.1) is 12.1 Å². The van der Waals surface area contributed by atoms with E-state index in [4.69, 9.17) is 5.11 Å². The maximum atomic E-state index is 11.1. The summed E-state index contributed by atoms with van der Waals surface area (Å²) in [6, 6.07) is 0. The lowest BCUT2D eigenvalue weighted by molar-refractivity contribution is -0.133. The molecule has 5 nitrogen and oxygen atoms in total. The highest BCUT2D eigenvalue weighted by atomic mass is 16.4. The largest absolute Gasteiger partial charge is 0.478 e. The normalized spacial score (nSPS) is 28.9. The zero-order valence-electron chi connectivity index (χ0n) is 8.45. The van der Waals surface area contributed by atoms with E-state index in [1.165, 1.54) is 0 Å². The van der Waals surface area contributed by atoms with Crippen molar-refractivity contribution in [2.45, 2.75) is 12.5 Å². The minimum atomic E-state index is -0.925. The van der Waals surface area contributed by atoms with Gasteiger partial charge < -0.3 is 15.7 Å². The van der Waals surface area contributed by atoms with Gasteiger partial charge in [0.25, 0.3) is 0 Å². The van der Waals surface area contributed by atoms with E-state index in [-0.39, 0.29) is 0 Å². The maximum absolute atomic E-state index is 11.1. The molecule has 0 fully saturated rings. The average Bonchev–Trinajstić information content (AvgIpc) is 2.71. The summed E-state index contributed by atoms with van der Waals surface area (Å²) in [5.41, 5.74) is -0.435. The molecule has 0 amide bonds. The van der Waals surface area contributed by atoms with Gasteiger partial charge >= 0.3 is 5.97 Å². The SMILES string of the molecule is CC1(C2=NCCN2)NC=CC=C1C(=O)O. The van der Waals surface area contributed by atoms with E-state index < -0.39 is 11.5 Å². The molecule has 15 heavy (non-hydrogen) atoms. The van der Waals surface area contributed by atoms with Gasteiger partial charge in [-0.3, -0.25) is 4.99 Å². The summed E-state index contributed by atoms with van der Waals surface area (Å²) < 4.78 is 0. The van der Waals surface area contributed by atoms with Crippen molar-refractivity contribution in [3.63, 3.8) is 0 Å². The molecule has 0 bridgehead atoms. The number of hydrogen-bond donors (Lipinski definition) is 3. The second-order valence-corrected chi connectivity index (χ2v) is 3.67. The minimum absolute atomic E-state index is 0.304. The fraction of sp³-hybridized carbons (Fsp3) is 0.400. The van der Waals surface area contributed by atoms with E-state index in [1.807, 2.05) is 6.92 Å². The quantitative estimate of drug-likeness (QED) is 0.590. The van der Waals surface area contributed by atoms with Crippen LogP contribution in [0.3, 0.4) is 0 Å². The molecule has 1 atom stereocenters. The molecule has 0 aliphatic carbocycles. The van der Waals surface area contributed by atoms with Gasteiger partial charge in [-0.15, -0.1) is 0 Å². The van der Waals surface area contributed by atoms with Crippen LogP contribution in [0.5, 0.6) is 0 Å². The molecule has 1 unspecified atom stereocenters. The Kier molecular flexibility index (Phi) is 2.22. The van der Waals surface area contributed by atoms with Gasteiger partial charge in [0, 0.05) is 6.54 Å². The van der Waals surface area contributed by atoms with Gasteiger partial charge in [-0.1, -0.05) is 0 Å². The van der Waals surface area contributed by atoms with Crippen molar-refractivity contribution in [2.75, 3.05) is 13.1 Å². The summed E-state index contributed by atoms with van der Waals surface area (Å²) in [6.07, 6.45) is 5.01. The molecule has 0 radical (unpaired) electrons. The van der Waals surface area contributed by atoms with Gasteiger partial charge in [0.2, 0.25) is 0 Å². The molecule has 2 aliphatic heterocycles.